The predicted octanol–water partition coefficient (Wildman–Crippen LogP) is 4.40. The second-order valence-corrected chi connectivity index (χ2v) is 9.97. The van der Waals surface area contributed by atoms with Gasteiger partial charge in [0.25, 0.3) is 0 Å². The average molecular weight is 560 g/mol. The van der Waals surface area contributed by atoms with E-state index in [1.54, 1.807) is 10.8 Å². The van der Waals surface area contributed by atoms with Gasteiger partial charge >= 0.3 is 5.97 Å². The van der Waals surface area contributed by atoms with Crippen LogP contribution in [0.2, 0.25) is 0 Å². The molecule has 1 aliphatic rings. The number of methoxy groups -OCH3 is 1. The second kappa shape index (κ2) is 12.0. The molecule has 0 amide bonds. The monoisotopic (exact) mass is 559 g/mol. The van der Waals surface area contributed by atoms with E-state index in [9.17, 15) is 14.7 Å². The molecule has 1 N–H and O–H groups in total. The Kier molecular flexibility index (Phi) is 8.21. The van der Waals surface area contributed by atoms with Crippen molar-refractivity contribution in [3.63, 3.8) is 0 Å². The summed E-state index contributed by atoms with van der Waals surface area (Å²) in [5, 5.41) is 9.75. The summed E-state index contributed by atoms with van der Waals surface area (Å²) >= 11 is 0. The molecule has 4 aromatic rings. The predicted molar refractivity (Wildman–Crippen MR) is 158 cm³/mol. The number of hydrogen-bond acceptors (Lipinski definition) is 7. The van der Waals surface area contributed by atoms with Crippen molar-refractivity contribution in [3.05, 3.63) is 88.1 Å². The third kappa shape index (κ3) is 5.47. The van der Waals surface area contributed by atoms with Gasteiger partial charge in [0, 0.05) is 50.8 Å². The number of fused-ring (bicyclic) bond motifs is 1. The number of rotatable bonds is 9. The van der Waals surface area contributed by atoms with Crippen LogP contribution in [0, 0.1) is 5.82 Å². The molecular formula is C31H34FN5O4. The van der Waals surface area contributed by atoms with Crippen LogP contribution in [0.4, 0.5) is 15.9 Å². The summed E-state index contributed by atoms with van der Waals surface area (Å²) < 4.78 is 23.2. The van der Waals surface area contributed by atoms with Crippen LogP contribution >= 0.6 is 0 Å². The topological polar surface area (TPSA) is 91.1 Å². The summed E-state index contributed by atoms with van der Waals surface area (Å²) in [6.45, 7) is 9.10. The van der Waals surface area contributed by atoms with Crippen molar-refractivity contribution < 1.29 is 19.0 Å². The van der Waals surface area contributed by atoms with E-state index in [1.165, 1.54) is 13.3 Å². The number of pyridine rings is 2. The Morgan fingerprint density at radius 1 is 1.05 bits per heavy atom. The van der Waals surface area contributed by atoms with Crippen LogP contribution in [-0.2, 0) is 6.54 Å². The van der Waals surface area contributed by atoms with Gasteiger partial charge in [-0.15, -0.1) is 0 Å². The Labute approximate surface area is 238 Å². The van der Waals surface area contributed by atoms with E-state index in [0.717, 1.165) is 37.1 Å². The number of piperazine rings is 1. The van der Waals surface area contributed by atoms with Gasteiger partial charge in [0.15, 0.2) is 11.6 Å². The molecule has 1 aliphatic heterocycles. The van der Waals surface area contributed by atoms with Crippen LogP contribution in [0.5, 0.6) is 5.75 Å². The van der Waals surface area contributed by atoms with Crippen LogP contribution < -0.4 is 20.0 Å². The molecule has 0 unspecified atom stereocenters. The summed E-state index contributed by atoms with van der Waals surface area (Å²) in [5.74, 6) is -0.968. The summed E-state index contributed by atoms with van der Waals surface area (Å²) in [6, 6.07) is 14.6. The number of halogens is 1. The molecule has 1 saturated heterocycles. The number of benzene rings is 2. The van der Waals surface area contributed by atoms with Crippen molar-refractivity contribution >= 4 is 28.4 Å². The highest BCUT2D eigenvalue weighted by Gasteiger charge is 2.28. The molecule has 0 radical (unpaired) electrons. The molecule has 0 saturated carbocycles. The molecular weight excluding hydrogens is 525 g/mol. The van der Waals surface area contributed by atoms with E-state index in [4.69, 9.17) is 4.74 Å². The first-order valence-corrected chi connectivity index (χ1v) is 13.8. The maximum atomic E-state index is 15.8. The molecule has 5 rings (SSSR count). The van der Waals surface area contributed by atoms with E-state index in [2.05, 4.69) is 28.6 Å². The highest BCUT2D eigenvalue weighted by atomic mass is 19.1. The minimum atomic E-state index is -1.38. The number of carboxylic acid groups (broad SMARTS) is 1. The van der Waals surface area contributed by atoms with Gasteiger partial charge in [0.05, 0.1) is 12.5 Å². The molecule has 9 nitrogen and oxygen atoms in total. The largest absolute Gasteiger partial charge is 0.492 e. The van der Waals surface area contributed by atoms with Gasteiger partial charge in [-0.25, -0.2) is 14.2 Å². The van der Waals surface area contributed by atoms with Gasteiger partial charge in [0.1, 0.15) is 22.6 Å². The van der Waals surface area contributed by atoms with Crippen LogP contribution in [0.1, 0.15) is 29.8 Å². The van der Waals surface area contributed by atoms with E-state index >= 15 is 4.39 Å². The number of carbonyl (C=O) groups is 1. The molecule has 0 bridgehead atoms. The molecule has 0 atom stereocenters. The smallest absolute Gasteiger partial charge is 0.341 e. The van der Waals surface area contributed by atoms with Gasteiger partial charge in [0.2, 0.25) is 5.43 Å². The normalized spacial score (nSPS) is 13.7. The van der Waals surface area contributed by atoms with Crippen LogP contribution in [0.15, 0.2) is 65.7 Å². The van der Waals surface area contributed by atoms with Gasteiger partial charge in [-0.1, -0.05) is 32.0 Å². The van der Waals surface area contributed by atoms with Crippen molar-refractivity contribution in [3.8, 4) is 11.4 Å². The highest BCUT2D eigenvalue weighted by Crippen LogP contribution is 2.39. The maximum absolute atomic E-state index is 15.8. The fourth-order valence-electron chi connectivity index (χ4n) is 5.43. The Bertz CT molecular complexity index is 1600. The van der Waals surface area contributed by atoms with Gasteiger partial charge < -0.3 is 24.2 Å². The lowest BCUT2D eigenvalue weighted by Crippen LogP contribution is -2.47. The summed E-state index contributed by atoms with van der Waals surface area (Å²) in [5.41, 5.74) is 1.11. The molecule has 1 fully saturated rings. The van der Waals surface area contributed by atoms with E-state index in [0.29, 0.717) is 37.4 Å². The minimum Gasteiger partial charge on any atom is -0.492 e. The molecule has 2 aromatic carbocycles. The first-order chi connectivity index (χ1) is 19.9. The molecule has 2 aromatic heterocycles. The maximum Gasteiger partial charge on any atom is 0.341 e. The quantitative estimate of drug-likeness (QED) is 0.323. The number of carboxylic acids is 1. The molecule has 41 heavy (non-hydrogen) atoms. The second-order valence-electron chi connectivity index (χ2n) is 9.97. The minimum absolute atomic E-state index is 0.0534. The van der Waals surface area contributed by atoms with E-state index in [1.807, 2.05) is 47.4 Å². The van der Waals surface area contributed by atoms with Crippen molar-refractivity contribution in [2.24, 2.45) is 0 Å². The summed E-state index contributed by atoms with van der Waals surface area (Å²) in [6.07, 6.45) is 3.05. The molecule has 0 aliphatic carbocycles. The van der Waals surface area contributed by atoms with Crippen molar-refractivity contribution in [1.82, 2.24) is 14.5 Å². The standard InChI is InChI=1S/C31H34FN5O4/c1-4-34(5-2)19-21-9-11-22(12-10-21)37-20-24(31(39)40)29(38)23-18-25(32)28(30(41-3)27(23)37)36-16-14-35(15-17-36)26-8-6-7-13-33-26/h6-13,18,20H,4-5,14-17,19H2,1-3H3,(H,39,40). The molecule has 0 spiro atoms. The lowest BCUT2D eigenvalue weighted by molar-refractivity contribution is 0.0695. The third-order valence-electron chi connectivity index (χ3n) is 7.69. The number of anilines is 2. The van der Waals surface area contributed by atoms with Crippen LogP contribution in [-0.4, -0.2) is 71.9 Å². The number of hydrogen-bond donors (Lipinski definition) is 1. The third-order valence-corrected chi connectivity index (χ3v) is 7.69. The van der Waals surface area contributed by atoms with Gasteiger partial charge in [-0.05, 0) is 49.0 Å². The number of aromatic nitrogens is 2. The summed E-state index contributed by atoms with van der Waals surface area (Å²) in [7, 11) is 1.44. The average Bonchev–Trinajstić information content (AvgIpc) is 3.00. The van der Waals surface area contributed by atoms with E-state index < -0.39 is 22.8 Å². The highest BCUT2D eigenvalue weighted by molar-refractivity contribution is 5.97. The van der Waals surface area contributed by atoms with Crippen LogP contribution in [0.3, 0.4) is 0 Å². The summed E-state index contributed by atoms with van der Waals surface area (Å²) in [4.78, 5) is 36.0. The molecule has 3 heterocycles. The van der Waals surface area contributed by atoms with E-state index in [-0.39, 0.29) is 16.8 Å². The lowest BCUT2D eigenvalue weighted by atomic mass is 10.1. The Hall–Kier alpha value is -4.44. The number of aromatic carboxylic acids is 1. The van der Waals surface area contributed by atoms with Crippen molar-refractivity contribution in [2.75, 3.05) is 56.2 Å². The zero-order valence-corrected chi connectivity index (χ0v) is 23.5. The first kappa shape index (κ1) is 28.1. The first-order valence-electron chi connectivity index (χ1n) is 13.8. The number of ether oxygens (including phenoxy) is 1. The Balaban J connectivity index is 1.61. The zero-order valence-electron chi connectivity index (χ0n) is 23.5. The molecule has 214 valence electrons. The molecule has 10 heteroatoms. The fraction of sp³-hybridized carbons (Fsp3) is 0.323. The SMILES string of the molecule is CCN(CC)Cc1ccc(-n2cc(C(=O)O)c(=O)c3cc(F)c(N4CCN(c5ccccn5)CC4)c(OC)c32)cc1. The van der Waals surface area contributed by atoms with Crippen LogP contribution in [0.25, 0.3) is 16.6 Å². The number of nitrogens with zero attached hydrogens (tertiary/aromatic N) is 5. The Morgan fingerprint density at radius 3 is 2.32 bits per heavy atom. The Morgan fingerprint density at radius 2 is 1.73 bits per heavy atom. The van der Waals surface area contributed by atoms with Crippen molar-refractivity contribution in [2.45, 2.75) is 20.4 Å². The van der Waals surface area contributed by atoms with Gasteiger partial charge in [-0.3, -0.25) is 9.69 Å². The fourth-order valence-corrected chi connectivity index (χ4v) is 5.43. The zero-order chi connectivity index (χ0) is 29.1. The van der Waals surface area contributed by atoms with Crippen molar-refractivity contribution in [1.29, 1.82) is 0 Å². The van der Waals surface area contributed by atoms with Gasteiger partial charge in [-0.2, -0.15) is 0 Å². The lowest BCUT2D eigenvalue weighted by Gasteiger charge is -2.37.